The van der Waals surface area contributed by atoms with Gasteiger partial charge in [-0.1, -0.05) is 30.3 Å². The van der Waals surface area contributed by atoms with Gasteiger partial charge >= 0.3 is 0 Å². The summed E-state index contributed by atoms with van der Waals surface area (Å²) in [5.41, 5.74) is 1.68. The summed E-state index contributed by atoms with van der Waals surface area (Å²) in [6.07, 6.45) is 1.17. The van der Waals surface area contributed by atoms with Crippen LogP contribution in [0.2, 0.25) is 0 Å². The Morgan fingerprint density at radius 2 is 1.84 bits per heavy atom. The fraction of sp³-hybridized carbons (Fsp3) is 0.375. The summed E-state index contributed by atoms with van der Waals surface area (Å²) in [7, 11) is 0. The lowest BCUT2D eigenvalue weighted by atomic mass is 9.95. The maximum Gasteiger partial charge on any atom is 0.247 e. The maximum atomic E-state index is 13.0. The predicted molar refractivity (Wildman–Crippen MR) is 123 cm³/mol. The van der Waals surface area contributed by atoms with Crippen LogP contribution in [0.1, 0.15) is 25.3 Å². The normalized spacial score (nSPS) is 18.5. The summed E-state index contributed by atoms with van der Waals surface area (Å²) in [5.74, 6) is 0.146. The minimum Gasteiger partial charge on any atom is -0.494 e. The molecule has 0 spiro atoms. The number of carbonyl (C=O) groups excluding carboxylic acids is 3. The number of amides is 3. The summed E-state index contributed by atoms with van der Waals surface area (Å²) < 4.78 is 5.61. The first-order valence-corrected chi connectivity index (χ1v) is 11.8. The van der Waals surface area contributed by atoms with Crippen LogP contribution in [0.5, 0.6) is 5.75 Å². The summed E-state index contributed by atoms with van der Waals surface area (Å²) in [6.45, 7) is 3.85. The minimum absolute atomic E-state index is 0.0119. The zero-order valence-electron chi connectivity index (χ0n) is 18.0. The fourth-order valence-corrected chi connectivity index (χ4v) is 5.09. The topological polar surface area (TPSA) is 87.7 Å². The molecule has 2 heterocycles. The van der Waals surface area contributed by atoms with Crippen molar-refractivity contribution < 1.29 is 19.1 Å². The van der Waals surface area contributed by atoms with Gasteiger partial charge in [-0.3, -0.25) is 14.4 Å². The Bertz CT molecular complexity index is 1000. The highest BCUT2D eigenvalue weighted by molar-refractivity contribution is 8.01. The van der Waals surface area contributed by atoms with Crippen molar-refractivity contribution in [2.24, 2.45) is 5.92 Å². The van der Waals surface area contributed by atoms with E-state index in [1.165, 1.54) is 11.8 Å². The minimum atomic E-state index is -0.787. The van der Waals surface area contributed by atoms with Crippen molar-refractivity contribution in [3.63, 3.8) is 0 Å². The summed E-state index contributed by atoms with van der Waals surface area (Å²) in [5, 5.41) is 5.04. The second kappa shape index (κ2) is 10.1. The van der Waals surface area contributed by atoms with E-state index in [-0.39, 0.29) is 23.6 Å². The first kappa shape index (κ1) is 22.2. The van der Waals surface area contributed by atoms with Gasteiger partial charge in [-0.2, -0.15) is 0 Å². The number of benzene rings is 2. The molecule has 32 heavy (non-hydrogen) atoms. The number of likely N-dealkylation sites (tertiary alicyclic amines) is 1. The molecule has 0 saturated carbocycles. The van der Waals surface area contributed by atoms with Crippen molar-refractivity contribution in [1.29, 1.82) is 0 Å². The van der Waals surface area contributed by atoms with E-state index < -0.39 is 5.25 Å². The van der Waals surface area contributed by atoms with E-state index in [9.17, 15) is 14.4 Å². The lowest BCUT2D eigenvalue weighted by Gasteiger charge is -2.34. The molecule has 1 atom stereocenters. The molecule has 2 aromatic carbocycles. The van der Waals surface area contributed by atoms with Gasteiger partial charge in [0.05, 0.1) is 12.3 Å². The second-order valence-corrected chi connectivity index (χ2v) is 8.99. The van der Waals surface area contributed by atoms with Crippen LogP contribution in [0.25, 0.3) is 0 Å². The third kappa shape index (κ3) is 4.91. The van der Waals surface area contributed by atoms with Crippen LogP contribution in [0.4, 0.5) is 5.69 Å². The van der Waals surface area contributed by atoms with Gasteiger partial charge in [0.25, 0.3) is 0 Å². The van der Waals surface area contributed by atoms with Crippen LogP contribution >= 0.6 is 11.8 Å². The van der Waals surface area contributed by atoms with Gasteiger partial charge in [-0.05, 0) is 38.0 Å². The van der Waals surface area contributed by atoms with Gasteiger partial charge in [0.15, 0.2) is 5.25 Å². The van der Waals surface area contributed by atoms with Crippen LogP contribution in [0.3, 0.4) is 0 Å². The Labute approximate surface area is 191 Å². The zero-order chi connectivity index (χ0) is 22.5. The average molecular weight is 454 g/mol. The number of para-hydroxylation sites is 2. The van der Waals surface area contributed by atoms with Crippen molar-refractivity contribution >= 4 is 35.2 Å². The highest BCUT2D eigenvalue weighted by Gasteiger charge is 2.37. The Morgan fingerprint density at radius 3 is 2.62 bits per heavy atom. The molecule has 0 aromatic heterocycles. The molecule has 0 radical (unpaired) electrons. The number of rotatable bonds is 6. The Kier molecular flexibility index (Phi) is 6.99. The second-order valence-electron chi connectivity index (χ2n) is 7.84. The first-order valence-electron chi connectivity index (χ1n) is 10.9. The molecule has 2 N–H and O–H groups in total. The largest absolute Gasteiger partial charge is 0.494 e. The number of nitrogens with one attached hydrogen (secondary N) is 2. The molecule has 168 valence electrons. The molecule has 2 aliphatic rings. The van der Waals surface area contributed by atoms with Gasteiger partial charge in [0.1, 0.15) is 5.75 Å². The van der Waals surface area contributed by atoms with Crippen molar-refractivity contribution in [2.75, 3.05) is 25.0 Å². The molecule has 2 aliphatic heterocycles. The van der Waals surface area contributed by atoms with Gasteiger partial charge < -0.3 is 20.3 Å². The van der Waals surface area contributed by atoms with Crippen LogP contribution in [0, 0.1) is 5.92 Å². The van der Waals surface area contributed by atoms with Crippen LogP contribution < -0.4 is 15.4 Å². The fourth-order valence-electron chi connectivity index (χ4n) is 4.01. The number of thioether (sulfide) groups is 1. The Hall–Kier alpha value is -3.00. The van der Waals surface area contributed by atoms with Gasteiger partial charge in [0, 0.05) is 36.0 Å². The predicted octanol–water partition coefficient (Wildman–Crippen LogP) is 3.05. The van der Waals surface area contributed by atoms with Gasteiger partial charge in [-0.25, -0.2) is 0 Å². The van der Waals surface area contributed by atoms with E-state index in [1.54, 1.807) is 4.90 Å². The van der Waals surface area contributed by atoms with E-state index in [1.807, 2.05) is 55.5 Å². The molecule has 0 bridgehead atoms. The van der Waals surface area contributed by atoms with Gasteiger partial charge in [0.2, 0.25) is 17.7 Å². The van der Waals surface area contributed by atoms with Crippen molar-refractivity contribution in [2.45, 2.75) is 36.5 Å². The number of piperidine rings is 1. The zero-order valence-corrected chi connectivity index (χ0v) is 18.8. The number of fused-ring (bicyclic) bond motifs is 1. The van der Waals surface area contributed by atoms with Crippen LogP contribution in [-0.4, -0.2) is 47.6 Å². The monoisotopic (exact) mass is 453 g/mol. The quantitative estimate of drug-likeness (QED) is 0.657. The SMILES string of the molecule is CCOc1ccccc1CNC(=O)C1CCN(C(=O)C2Sc3ccccc3NC2=O)CC1. The molecule has 7 nitrogen and oxygen atoms in total. The lowest BCUT2D eigenvalue weighted by Crippen LogP contribution is -2.49. The van der Waals surface area contributed by atoms with E-state index in [4.69, 9.17) is 4.74 Å². The smallest absolute Gasteiger partial charge is 0.247 e. The number of ether oxygens (including phenoxy) is 1. The van der Waals surface area contributed by atoms with Crippen molar-refractivity contribution in [3.05, 3.63) is 54.1 Å². The van der Waals surface area contributed by atoms with Crippen molar-refractivity contribution in [1.82, 2.24) is 10.2 Å². The third-order valence-electron chi connectivity index (χ3n) is 5.76. The number of nitrogens with zero attached hydrogens (tertiary/aromatic N) is 1. The summed E-state index contributed by atoms with van der Waals surface area (Å²) >= 11 is 1.29. The maximum absolute atomic E-state index is 13.0. The Morgan fingerprint density at radius 1 is 1.12 bits per heavy atom. The molecule has 3 amide bonds. The molecule has 8 heteroatoms. The number of anilines is 1. The lowest BCUT2D eigenvalue weighted by molar-refractivity contribution is -0.137. The number of carbonyl (C=O) groups is 3. The van der Waals surface area contributed by atoms with E-state index in [2.05, 4.69) is 10.6 Å². The van der Waals surface area contributed by atoms with Crippen molar-refractivity contribution in [3.8, 4) is 5.75 Å². The summed E-state index contributed by atoms with van der Waals surface area (Å²) in [6, 6.07) is 15.1. The molecular weight excluding hydrogens is 426 g/mol. The average Bonchev–Trinajstić information content (AvgIpc) is 2.82. The molecule has 4 rings (SSSR count). The van der Waals surface area contributed by atoms with Gasteiger partial charge in [-0.15, -0.1) is 11.8 Å². The molecule has 1 fully saturated rings. The van der Waals surface area contributed by atoms with E-state index in [0.29, 0.717) is 39.1 Å². The van der Waals surface area contributed by atoms with E-state index >= 15 is 0 Å². The number of hydrogen-bond acceptors (Lipinski definition) is 5. The summed E-state index contributed by atoms with van der Waals surface area (Å²) in [4.78, 5) is 40.7. The highest BCUT2D eigenvalue weighted by Crippen LogP contribution is 2.36. The van der Waals surface area contributed by atoms with Crippen LogP contribution in [0.15, 0.2) is 53.4 Å². The van der Waals surface area contributed by atoms with E-state index in [0.717, 1.165) is 21.9 Å². The highest BCUT2D eigenvalue weighted by atomic mass is 32.2. The third-order valence-corrected chi connectivity index (χ3v) is 7.02. The number of hydrogen-bond donors (Lipinski definition) is 2. The molecule has 2 aromatic rings. The molecule has 1 saturated heterocycles. The molecule has 0 aliphatic carbocycles. The first-order chi connectivity index (χ1) is 15.6. The molecule has 1 unspecified atom stereocenters. The Balaban J connectivity index is 1.29. The molecular formula is C24H27N3O4S. The van der Waals surface area contributed by atoms with Crippen LogP contribution in [-0.2, 0) is 20.9 Å². The standard InChI is InChI=1S/C24H27N3O4S/c1-2-31-19-9-5-3-7-17(19)15-25-22(28)16-11-13-27(14-12-16)24(30)21-23(29)26-18-8-4-6-10-20(18)32-21/h3-10,16,21H,2,11-15H2,1H3,(H,25,28)(H,26,29).